The third-order valence-electron chi connectivity index (χ3n) is 5.42. The Morgan fingerprint density at radius 2 is 1.44 bits per heavy atom. The zero-order valence-corrected chi connectivity index (χ0v) is 24.6. The number of hydrogen-bond acceptors (Lipinski definition) is 7. The molecule has 0 aliphatic rings. The van der Waals surface area contributed by atoms with Gasteiger partial charge in [0.25, 0.3) is 0 Å². The topological polar surface area (TPSA) is 82.1 Å². The average molecular weight is 602 g/mol. The number of thioether (sulfide) groups is 1. The lowest BCUT2D eigenvalue weighted by molar-refractivity contribution is -0.172. The lowest BCUT2D eigenvalue weighted by Crippen LogP contribution is -2.49. The van der Waals surface area contributed by atoms with Crippen molar-refractivity contribution in [1.82, 2.24) is 4.90 Å². The molecule has 0 saturated carbocycles. The van der Waals surface area contributed by atoms with Gasteiger partial charge in [0.15, 0.2) is 0 Å². The molecule has 0 fully saturated rings. The third-order valence-corrected chi connectivity index (χ3v) is 6.16. The lowest BCUT2D eigenvalue weighted by atomic mass is 10.00. The van der Waals surface area contributed by atoms with Gasteiger partial charge in [-0.1, -0.05) is 42.5 Å². The third kappa shape index (κ3) is 12.8. The number of rotatable bonds is 11. The molecule has 7 nitrogen and oxygen atoms in total. The lowest BCUT2D eigenvalue weighted by Gasteiger charge is -2.32. The molecule has 0 radical (unpaired) electrons. The number of halogens is 4. The Hall–Kier alpha value is -3.28. The Morgan fingerprint density at radius 3 is 1.95 bits per heavy atom. The maximum atomic E-state index is 14.7. The van der Waals surface area contributed by atoms with Gasteiger partial charge in [-0.2, -0.15) is 13.2 Å². The first-order valence-electron chi connectivity index (χ1n) is 12.7. The van der Waals surface area contributed by atoms with Crippen molar-refractivity contribution >= 4 is 29.8 Å². The highest BCUT2D eigenvalue weighted by Crippen LogP contribution is 2.36. The van der Waals surface area contributed by atoms with Crippen LogP contribution in [0.5, 0.6) is 0 Å². The van der Waals surface area contributed by atoms with Crippen LogP contribution in [0.4, 0.5) is 22.4 Å². The van der Waals surface area contributed by atoms with Crippen molar-refractivity contribution < 1.29 is 46.2 Å². The van der Waals surface area contributed by atoms with Gasteiger partial charge in [-0.05, 0) is 69.6 Å². The van der Waals surface area contributed by atoms with Crippen LogP contribution in [0.1, 0.15) is 52.2 Å². The molecule has 226 valence electrons. The predicted molar refractivity (Wildman–Crippen MR) is 146 cm³/mol. The maximum absolute atomic E-state index is 14.7. The largest absolute Gasteiger partial charge is 0.458 e. The maximum Gasteiger partial charge on any atom is 0.446 e. The predicted octanol–water partition coefficient (Wildman–Crippen LogP) is 6.87. The number of hydrogen-bond donors (Lipinski definition) is 0. The molecule has 0 spiro atoms. The van der Waals surface area contributed by atoms with Crippen molar-refractivity contribution in [3.05, 3.63) is 65.7 Å². The molecular formula is C29H35F4NO6S. The van der Waals surface area contributed by atoms with E-state index in [1.54, 1.807) is 51.1 Å². The van der Waals surface area contributed by atoms with E-state index in [-0.39, 0.29) is 29.7 Å². The summed E-state index contributed by atoms with van der Waals surface area (Å²) in [5, 5.41) is 0. The van der Waals surface area contributed by atoms with Crippen LogP contribution in [0.3, 0.4) is 0 Å². The molecule has 12 heteroatoms. The van der Waals surface area contributed by atoms with Gasteiger partial charge >= 0.3 is 23.5 Å². The van der Waals surface area contributed by atoms with Gasteiger partial charge in [0.1, 0.15) is 23.9 Å². The van der Waals surface area contributed by atoms with Gasteiger partial charge in [0.2, 0.25) is 6.10 Å². The molecule has 0 unspecified atom stereocenters. The van der Waals surface area contributed by atoms with E-state index in [1.807, 2.05) is 0 Å². The van der Waals surface area contributed by atoms with Gasteiger partial charge < -0.3 is 14.2 Å². The summed E-state index contributed by atoms with van der Waals surface area (Å²) in [6.45, 7) is 7.20. The molecule has 2 atom stereocenters. The summed E-state index contributed by atoms with van der Waals surface area (Å²) < 4.78 is 69.0. The Bertz CT molecular complexity index is 1160. The molecule has 0 saturated heterocycles. The number of carbonyl (C=O) groups is 3. The van der Waals surface area contributed by atoms with Crippen LogP contribution in [0.25, 0.3) is 0 Å². The fourth-order valence-electron chi connectivity index (χ4n) is 3.55. The van der Waals surface area contributed by atoms with E-state index in [0.717, 1.165) is 4.90 Å². The number of esters is 2. The second-order valence-corrected chi connectivity index (χ2v) is 12.1. The van der Waals surface area contributed by atoms with Gasteiger partial charge in [0, 0.05) is 24.8 Å². The van der Waals surface area contributed by atoms with Gasteiger partial charge in [-0.25, -0.2) is 18.8 Å². The van der Waals surface area contributed by atoms with E-state index in [1.165, 1.54) is 45.2 Å². The summed E-state index contributed by atoms with van der Waals surface area (Å²) in [6.07, 6.45) is -3.14. The Labute approximate surface area is 241 Å². The fourth-order valence-corrected chi connectivity index (χ4v) is 4.09. The van der Waals surface area contributed by atoms with E-state index in [2.05, 4.69) is 0 Å². The van der Waals surface area contributed by atoms with E-state index in [0.29, 0.717) is 11.1 Å². The number of carbonyl (C=O) groups excluding carboxylic acids is 3. The zero-order chi connectivity index (χ0) is 31.0. The smallest absolute Gasteiger partial charge is 0.446 e. The SMILES string of the molecule is CN(C(=O)OC(C)(C)C)[C@@H](CC(C)(C)F)C(=O)O[C@H](Cc1ccc(SC(F)(F)F)cc1)C(=O)OCc1ccccc1. The first kappa shape index (κ1) is 33.9. The van der Waals surface area contributed by atoms with Crippen LogP contribution in [-0.4, -0.2) is 58.9 Å². The van der Waals surface area contributed by atoms with Crippen LogP contribution >= 0.6 is 11.8 Å². The van der Waals surface area contributed by atoms with Gasteiger partial charge in [0.05, 0.1) is 0 Å². The monoisotopic (exact) mass is 601 g/mol. The summed E-state index contributed by atoms with van der Waals surface area (Å²) in [5.74, 6) is -2.00. The normalized spacial score (nSPS) is 13.6. The van der Waals surface area contributed by atoms with Crippen LogP contribution in [-0.2, 0) is 36.8 Å². The van der Waals surface area contributed by atoms with Gasteiger partial charge in [-0.15, -0.1) is 0 Å². The number of likely N-dealkylation sites (N-methyl/N-ethyl adjacent to an activating group) is 1. The zero-order valence-electron chi connectivity index (χ0n) is 23.8. The molecule has 1 amide bonds. The van der Waals surface area contributed by atoms with Crippen LogP contribution in [0.2, 0.25) is 0 Å². The first-order valence-corrected chi connectivity index (χ1v) is 13.5. The number of amides is 1. The van der Waals surface area contributed by atoms with E-state index < -0.39 is 53.4 Å². The Morgan fingerprint density at radius 1 is 0.854 bits per heavy atom. The standard InChI is InChI=1S/C29H35F4NO6S/c1-27(2,3)40-26(37)34(6)22(17-28(4,5)30)24(35)39-23(25(36)38-18-20-10-8-7-9-11-20)16-19-12-14-21(15-13-19)41-29(31,32)33/h7-15,22-23H,16-18H2,1-6H3/t22-,23+/m0/s1. The summed E-state index contributed by atoms with van der Waals surface area (Å²) in [6, 6.07) is 12.5. The molecule has 2 rings (SSSR count). The summed E-state index contributed by atoms with van der Waals surface area (Å²) in [4.78, 5) is 40.0. The second-order valence-electron chi connectivity index (χ2n) is 10.9. The Balaban J connectivity index is 2.30. The number of ether oxygens (including phenoxy) is 3. The molecular weight excluding hydrogens is 566 g/mol. The van der Waals surface area contributed by atoms with Crippen LogP contribution < -0.4 is 0 Å². The number of nitrogens with zero attached hydrogens (tertiary/aromatic N) is 1. The van der Waals surface area contributed by atoms with E-state index in [4.69, 9.17) is 14.2 Å². The quantitative estimate of drug-likeness (QED) is 0.120. The highest BCUT2D eigenvalue weighted by atomic mass is 32.2. The highest BCUT2D eigenvalue weighted by molar-refractivity contribution is 8.00. The Kier molecular flexibility index (Phi) is 11.6. The first-order chi connectivity index (χ1) is 18.8. The molecule has 0 aromatic heterocycles. The highest BCUT2D eigenvalue weighted by Gasteiger charge is 2.38. The van der Waals surface area contributed by atoms with Crippen molar-refractivity contribution in [3.8, 4) is 0 Å². The van der Waals surface area contributed by atoms with Crippen molar-refractivity contribution in [3.63, 3.8) is 0 Å². The van der Waals surface area contributed by atoms with Crippen molar-refractivity contribution in [1.29, 1.82) is 0 Å². The molecule has 0 aliphatic heterocycles. The average Bonchev–Trinajstić information content (AvgIpc) is 2.84. The van der Waals surface area contributed by atoms with Crippen molar-refractivity contribution in [2.24, 2.45) is 0 Å². The number of alkyl halides is 4. The molecule has 41 heavy (non-hydrogen) atoms. The minimum Gasteiger partial charge on any atom is -0.458 e. The van der Waals surface area contributed by atoms with E-state index in [9.17, 15) is 31.9 Å². The number of benzene rings is 2. The molecule has 0 heterocycles. The van der Waals surface area contributed by atoms with E-state index >= 15 is 0 Å². The summed E-state index contributed by atoms with van der Waals surface area (Å²) >= 11 is -0.292. The van der Waals surface area contributed by atoms with Crippen molar-refractivity contribution in [2.45, 2.75) is 87.9 Å². The second kappa shape index (κ2) is 14.1. The molecule has 0 aliphatic carbocycles. The minimum absolute atomic E-state index is 0.0642. The molecule has 0 bridgehead atoms. The molecule has 2 aromatic carbocycles. The summed E-state index contributed by atoms with van der Waals surface area (Å²) in [7, 11) is 1.26. The summed E-state index contributed by atoms with van der Waals surface area (Å²) in [5.41, 5.74) is -6.23. The van der Waals surface area contributed by atoms with Gasteiger partial charge in [-0.3, -0.25) is 4.90 Å². The minimum atomic E-state index is -4.47. The van der Waals surface area contributed by atoms with Crippen LogP contribution in [0, 0.1) is 0 Å². The van der Waals surface area contributed by atoms with Crippen LogP contribution in [0.15, 0.2) is 59.5 Å². The van der Waals surface area contributed by atoms with Crippen molar-refractivity contribution in [2.75, 3.05) is 7.05 Å². The molecule has 2 aromatic rings. The fraction of sp³-hybridized carbons (Fsp3) is 0.483. The molecule has 0 N–H and O–H groups in total.